The molecule has 0 spiro atoms. The van der Waals surface area contributed by atoms with E-state index in [1.165, 1.54) is 24.0 Å². The van der Waals surface area contributed by atoms with Crippen molar-refractivity contribution in [1.29, 1.82) is 0 Å². The molecule has 16 heavy (non-hydrogen) atoms. The molecule has 0 atom stereocenters. The summed E-state index contributed by atoms with van der Waals surface area (Å²) in [5.41, 5.74) is 2.77. The summed E-state index contributed by atoms with van der Waals surface area (Å²) in [6, 6.07) is 6.54. The maximum atomic E-state index is 5.69. The fourth-order valence-electron chi connectivity index (χ4n) is 2.19. The summed E-state index contributed by atoms with van der Waals surface area (Å²) in [5, 5.41) is 3.43. The first-order chi connectivity index (χ1) is 7.92. The third kappa shape index (κ3) is 2.76. The molecular formula is C14H21NO. The summed E-state index contributed by atoms with van der Waals surface area (Å²) in [4.78, 5) is 0. The molecule has 0 fully saturated rings. The van der Waals surface area contributed by atoms with E-state index in [0.717, 1.165) is 38.3 Å². The Bertz CT molecular complexity index is 336. The highest BCUT2D eigenvalue weighted by Crippen LogP contribution is 2.29. The summed E-state index contributed by atoms with van der Waals surface area (Å²) in [6.45, 7) is 5.30. The average molecular weight is 219 g/mol. The van der Waals surface area contributed by atoms with Crippen molar-refractivity contribution in [3.8, 4) is 5.75 Å². The first kappa shape index (κ1) is 11.5. The average Bonchev–Trinajstić information content (AvgIpc) is 2.77. The van der Waals surface area contributed by atoms with Gasteiger partial charge in [-0.2, -0.15) is 0 Å². The van der Waals surface area contributed by atoms with Gasteiger partial charge in [-0.05, 0) is 43.5 Å². The number of hydrogen-bond donors (Lipinski definition) is 1. The zero-order valence-corrected chi connectivity index (χ0v) is 10.1. The molecule has 1 aromatic carbocycles. The van der Waals surface area contributed by atoms with Gasteiger partial charge < -0.3 is 10.1 Å². The van der Waals surface area contributed by atoms with Gasteiger partial charge in [-0.25, -0.2) is 0 Å². The second kappa shape index (κ2) is 5.90. The molecule has 1 aromatic rings. The van der Waals surface area contributed by atoms with Crippen molar-refractivity contribution in [3.63, 3.8) is 0 Å². The fraction of sp³-hybridized carbons (Fsp3) is 0.571. The van der Waals surface area contributed by atoms with Gasteiger partial charge in [-0.15, -0.1) is 0 Å². The molecule has 0 aromatic heterocycles. The van der Waals surface area contributed by atoms with E-state index in [4.69, 9.17) is 4.74 Å². The smallest absolute Gasteiger partial charge is 0.125 e. The third-order valence-corrected chi connectivity index (χ3v) is 3.02. The van der Waals surface area contributed by atoms with Crippen molar-refractivity contribution in [1.82, 2.24) is 5.32 Å². The van der Waals surface area contributed by atoms with Crippen LogP contribution in [0.2, 0.25) is 0 Å². The number of fused-ring (bicyclic) bond motifs is 1. The van der Waals surface area contributed by atoms with Crippen LogP contribution in [0.5, 0.6) is 5.75 Å². The van der Waals surface area contributed by atoms with E-state index in [1.54, 1.807) is 0 Å². The van der Waals surface area contributed by atoms with Crippen molar-refractivity contribution >= 4 is 0 Å². The van der Waals surface area contributed by atoms with Crippen LogP contribution in [0.15, 0.2) is 18.2 Å². The molecule has 0 aliphatic carbocycles. The van der Waals surface area contributed by atoms with Crippen LogP contribution in [-0.4, -0.2) is 19.7 Å². The lowest BCUT2D eigenvalue weighted by molar-refractivity contribution is 0.353. The molecule has 0 saturated carbocycles. The number of hydrogen-bond acceptors (Lipinski definition) is 2. The summed E-state index contributed by atoms with van der Waals surface area (Å²) in [6.07, 6.45) is 4.61. The highest BCUT2D eigenvalue weighted by Gasteiger charge is 2.14. The number of benzene rings is 1. The summed E-state index contributed by atoms with van der Waals surface area (Å²) in [5.74, 6) is 1.16. The van der Waals surface area contributed by atoms with Crippen LogP contribution in [0, 0.1) is 0 Å². The van der Waals surface area contributed by atoms with Crippen LogP contribution in [0.4, 0.5) is 0 Å². The Morgan fingerprint density at radius 3 is 3.12 bits per heavy atom. The quantitative estimate of drug-likeness (QED) is 0.742. The van der Waals surface area contributed by atoms with Crippen LogP contribution in [-0.2, 0) is 12.8 Å². The van der Waals surface area contributed by atoms with Crippen LogP contribution >= 0.6 is 0 Å². The van der Waals surface area contributed by atoms with E-state index in [2.05, 4.69) is 30.4 Å². The van der Waals surface area contributed by atoms with Crippen molar-refractivity contribution in [2.75, 3.05) is 19.7 Å². The highest BCUT2D eigenvalue weighted by atomic mass is 16.5. The van der Waals surface area contributed by atoms with E-state index in [-0.39, 0.29) is 0 Å². The molecule has 2 rings (SSSR count). The predicted octanol–water partition coefficient (Wildman–Crippen LogP) is 2.55. The lowest BCUT2D eigenvalue weighted by Crippen LogP contribution is -2.16. The van der Waals surface area contributed by atoms with Gasteiger partial charge in [0.15, 0.2) is 0 Å². The van der Waals surface area contributed by atoms with Crippen LogP contribution < -0.4 is 10.1 Å². The maximum absolute atomic E-state index is 5.69. The zero-order valence-electron chi connectivity index (χ0n) is 10.1. The van der Waals surface area contributed by atoms with Gasteiger partial charge in [-0.1, -0.05) is 25.1 Å². The van der Waals surface area contributed by atoms with Gasteiger partial charge >= 0.3 is 0 Å². The van der Waals surface area contributed by atoms with Gasteiger partial charge in [0.2, 0.25) is 0 Å². The molecule has 88 valence electrons. The second-order valence-electron chi connectivity index (χ2n) is 4.36. The maximum Gasteiger partial charge on any atom is 0.125 e. The Hall–Kier alpha value is -1.02. The van der Waals surface area contributed by atoms with Crippen LogP contribution in [0.25, 0.3) is 0 Å². The van der Waals surface area contributed by atoms with E-state index in [0.29, 0.717) is 0 Å². The predicted molar refractivity (Wildman–Crippen MR) is 67.1 cm³/mol. The molecule has 0 radical (unpaired) electrons. The van der Waals surface area contributed by atoms with E-state index in [1.807, 2.05) is 0 Å². The largest absolute Gasteiger partial charge is 0.493 e. The number of para-hydroxylation sites is 1. The molecule has 1 N–H and O–H groups in total. The molecular weight excluding hydrogens is 198 g/mol. The van der Waals surface area contributed by atoms with Crippen molar-refractivity contribution in [2.45, 2.75) is 32.6 Å². The highest BCUT2D eigenvalue weighted by molar-refractivity contribution is 5.43. The minimum absolute atomic E-state index is 0.862. The number of ether oxygens (including phenoxy) is 1. The van der Waals surface area contributed by atoms with E-state index >= 15 is 0 Å². The monoisotopic (exact) mass is 219 g/mol. The Labute approximate surface area is 98.0 Å². The van der Waals surface area contributed by atoms with E-state index in [9.17, 15) is 0 Å². The van der Waals surface area contributed by atoms with Crippen LogP contribution in [0.1, 0.15) is 30.9 Å². The first-order valence-corrected chi connectivity index (χ1v) is 6.36. The lowest BCUT2D eigenvalue weighted by Gasteiger charge is -2.08. The lowest BCUT2D eigenvalue weighted by atomic mass is 10.0. The minimum atomic E-state index is 0.862. The van der Waals surface area contributed by atoms with Crippen molar-refractivity contribution in [3.05, 3.63) is 29.3 Å². The fourth-order valence-corrected chi connectivity index (χ4v) is 2.19. The Morgan fingerprint density at radius 2 is 2.25 bits per heavy atom. The van der Waals surface area contributed by atoms with Gasteiger partial charge in [-0.3, -0.25) is 0 Å². The third-order valence-electron chi connectivity index (χ3n) is 3.02. The van der Waals surface area contributed by atoms with Gasteiger partial charge in [0.05, 0.1) is 6.61 Å². The zero-order chi connectivity index (χ0) is 11.2. The minimum Gasteiger partial charge on any atom is -0.493 e. The molecule has 1 aliphatic heterocycles. The number of rotatable bonds is 6. The summed E-state index contributed by atoms with van der Waals surface area (Å²) < 4.78 is 5.69. The Balaban J connectivity index is 1.83. The van der Waals surface area contributed by atoms with Gasteiger partial charge in [0.1, 0.15) is 5.75 Å². The topological polar surface area (TPSA) is 21.3 Å². The van der Waals surface area contributed by atoms with E-state index < -0.39 is 0 Å². The molecule has 2 heteroatoms. The molecule has 1 heterocycles. The van der Waals surface area contributed by atoms with Gasteiger partial charge in [0.25, 0.3) is 0 Å². The Morgan fingerprint density at radius 1 is 1.31 bits per heavy atom. The van der Waals surface area contributed by atoms with Crippen LogP contribution in [0.3, 0.4) is 0 Å². The molecule has 0 amide bonds. The molecule has 2 nitrogen and oxygen atoms in total. The summed E-state index contributed by atoms with van der Waals surface area (Å²) in [7, 11) is 0. The molecule has 0 unspecified atom stereocenters. The SMILES string of the molecule is CCCNCCCc1cccc2c1OCC2. The Kier molecular flexibility index (Phi) is 4.23. The first-order valence-electron chi connectivity index (χ1n) is 6.36. The van der Waals surface area contributed by atoms with Gasteiger partial charge in [0, 0.05) is 6.42 Å². The number of aryl methyl sites for hydroxylation is 1. The normalized spacial score (nSPS) is 13.6. The number of nitrogens with one attached hydrogen (secondary N) is 1. The molecule has 0 saturated heterocycles. The summed E-state index contributed by atoms with van der Waals surface area (Å²) >= 11 is 0. The van der Waals surface area contributed by atoms with Crippen molar-refractivity contribution in [2.24, 2.45) is 0 Å². The molecule has 1 aliphatic rings. The standard InChI is InChI=1S/C14H21NO/c1-2-9-15-10-4-7-12-5-3-6-13-8-11-16-14(12)13/h3,5-6,15H,2,4,7-11H2,1H3. The second-order valence-corrected chi connectivity index (χ2v) is 4.36. The van der Waals surface area contributed by atoms with Crippen molar-refractivity contribution < 1.29 is 4.74 Å². The molecule has 0 bridgehead atoms.